The van der Waals surface area contributed by atoms with Gasteiger partial charge in [0, 0.05) is 6.61 Å². The van der Waals surface area contributed by atoms with Gasteiger partial charge in [0.25, 0.3) is 0 Å². The normalized spacial score (nSPS) is 13.2. The lowest BCUT2D eigenvalue weighted by atomic mass is 10.3. The molecule has 0 spiro atoms. The topological polar surface area (TPSA) is 26.3 Å². The fourth-order valence-corrected chi connectivity index (χ4v) is 0.428. The molecule has 1 atom stereocenters. The maximum atomic E-state index is 10.4. The van der Waals surface area contributed by atoms with E-state index in [0.29, 0.717) is 13.2 Å². The Hall–Kier alpha value is -0.0800. The number of rotatable bonds is 4. The number of alkyl halides is 1. The van der Waals surface area contributed by atoms with Gasteiger partial charge in [-0.15, -0.1) is 11.6 Å². The molecule has 0 N–H and O–H groups in total. The smallest absolute Gasteiger partial charge is 0.149 e. The van der Waals surface area contributed by atoms with Gasteiger partial charge < -0.3 is 4.74 Å². The molecule has 3 heteroatoms. The van der Waals surface area contributed by atoms with Crippen LogP contribution in [0, 0.1) is 0 Å². The van der Waals surface area contributed by atoms with Crippen LogP contribution >= 0.6 is 11.6 Å². The number of ketones is 1. The molecule has 0 bridgehead atoms. The summed E-state index contributed by atoms with van der Waals surface area (Å²) in [6, 6.07) is 0. The number of halogens is 1. The first-order valence-electron chi connectivity index (χ1n) is 2.90. The SMILES string of the molecule is CCOCC(Cl)C(C)=O. The summed E-state index contributed by atoms with van der Waals surface area (Å²) in [6.45, 7) is 4.25. The van der Waals surface area contributed by atoms with Gasteiger partial charge in [0.2, 0.25) is 0 Å². The Morgan fingerprint density at radius 2 is 2.33 bits per heavy atom. The van der Waals surface area contributed by atoms with Gasteiger partial charge in [-0.3, -0.25) is 4.79 Å². The molecule has 0 rings (SSSR count). The van der Waals surface area contributed by atoms with E-state index in [9.17, 15) is 4.79 Å². The molecule has 0 aromatic rings. The number of hydrogen-bond donors (Lipinski definition) is 0. The Balaban J connectivity index is 3.27. The standard InChI is InChI=1S/C6H11ClO2/c1-3-9-4-6(7)5(2)8/h6H,3-4H2,1-2H3. The second-order valence-corrected chi connectivity index (χ2v) is 2.26. The summed E-state index contributed by atoms with van der Waals surface area (Å²) in [7, 11) is 0. The monoisotopic (exact) mass is 150 g/mol. The van der Waals surface area contributed by atoms with Crippen molar-refractivity contribution in [2.45, 2.75) is 19.2 Å². The molecular formula is C6H11ClO2. The van der Waals surface area contributed by atoms with Crippen molar-refractivity contribution in [2.24, 2.45) is 0 Å². The van der Waals surface area contributed by atoms with E-state index in [2.05, 4.69) is 0 Å². The summed E-state index contributed by atoms with van der Waals surface area (Å²) < 4.78 is 4.90. The van der Waals surface area contributed by atoms with Gasteiger partial charge in [-0.2, -0.15) is 0 Å². The Kier molecular flexibility index (Phi) is 4.72. The quantitative estimate of drug-likeness (QED) is 0.564. The van der Waals surface area contributed by atoms with Crippen molar-refractivity contribution in [2.75, 3.05) is 13.2 Å². The van der Waals surface area contributed by atoms with E-state index in [-0.39, 0.29) is 5.78 Å². The fourth-order valence-electron chi connectivity index (χ4n) is 0.339. The molecule has 1 unspecified atom stereocenters. The average Bonchev–Trinajstić information content (AvgIpc) is 1.82. The first-order chi connectivity index (χ1) is 4.18. The second-order valence-electron chi connectivity index (χ2n) is 1.74. The number of ether oxygens (including phenoxy) is 1. The van der Waals surface area contributed by atoms with E-state index >= 15 is 0 Å². The first-order valence-corrected chi connectivity index (χ1v) is 3.34. The van der Waals surface area contributed by atoms with Crippen LogP contribution in [0.3, 0.4) is 0 Å². The molecule has 0 amide bonds. The second kappa shape index (κ2) is 4.77. The maximum absolute atomic E-state index is 10.4. The Bertz CT molecular complexity index is 93.1. The Labute approximate surface area is 60.1 Å². The minimum absolute atomic E-state index is 0.0369. The highest BCUT2D eigenvalue weighted by molar-refractivity contribution is 6.30. The van der Waals surface area contributed by atoms with E-state index < -0.39 is 5.38 Å². The molecule has 0 saturated carbocycles. The molecule has 9 heavy (non-hydrogen) atoms. The van der Waals surface area contributed by atoms with Gasteiger partial charge in [-0.25, -0.2) is 0 Å². The maximum Gasteiger partial charge on any atom is 0.149 e. The van der Waals surface area contributed by atoms with Crippen molar-refractivity contribution >= 4 is 17.4 Å². The molecule has 0 aromatic heterocycles. The van der Waals surface area contributed by atoms with Crippen LogP contribution in [-0.2, 0) is 9.53 Å². The highest BCUT2D eigenvalue weighted by Crippen LogP contribution is 1.96. The molecule has 0 aliphatic carbocycles. The van der Waals surface area contributed by atoms with Gasteiger partial charge in [-0.1, -0.05) is 0 Å². The predicted octanol–water partition coefficient (Wildman–Crippen LogP) is 1.22. The Morgan fingerprint density at radius 1 is 1.78 bits per heavy atom. The summed E-state index contributed by atoms with van der Waals surface area (Å²) in [5, 5.41) is -0.468. The molecular weight excluding hydrogens is 140 g/mol. The zero-order chi connectivity index (χ0) is 7.28. The van der Waals surface area contributed by atoms with Crippen molar-refractivity contribution in [3.8, 4) is 0 Å². The molecule has 0 aliphatic heterocycles. The molecule has 54 valence electrons. The highest BCUT2D eigenvalue weighted by Gasteiger charge is 2.08. The van der Waals surface area contributed by atoms with Crippen molar-refractivity contribution in [1.29, 1.82) is 0 Å². The van der Waals surface area contributed by atoms with Gasteiger partial charge in [0.1, 0.15) is 11.2 Å². The van der Waals surface area contributed by atoms with E-state index in [4.69, 9.17) is 16.3 Å². The van der Waals surface area contributed by atoms with Crippen LogP contribution in [0.2, 0.25) is 0 Å². The zero-order valence-electron chi connectivity index (χ0n) is 5.69. The van der Waals surface area contributed by atoms with Crippen LogP contribution < -0.4 is 0 Å². The number of carbonyl (C=O) groups is 1. The van der Waals surface area contributed by atoms with E-state index in [0.717, 1.165) is 0 Å². The molecule has 0 aliphatic rings. The van der Waals surface area contributed by atoms with Crippen molar-refractivity contribution in [3.05, 3.63) is 0 Å². The molecule has 0 aromatic carbocycles. The largest absolute Gasteiger partial charge is 0.380 e. The highest BCUT2D eigenvalue weighted by atomic mass is 35.5. The van der Waals surface area contributed by atoms with Crippen LogP contribution in [-0.4, -0.2) is 24.4 Å². The molecule has 0 radical (unpaired) electrons. The summed E-state index contributed by atoms with van der Waals surface area (Å²) in [6.07, 6.45) is 0. The zero-order valence-corrected chi connectivity index (χ0v) is 6.44. The van der Waals surface area contributed by atoms with E-state index in [1.165, 1.54) is 6.92 Å². The van der Waals surface area contributed by atoms with Crippen LogP contribution in [0.25, 0.3) is 0 Å². The molecule has 0 heterocycles. The minimum Gasteiger partial charge on any atom is -0.380 e. The molecule has 0 saturated heterocycles. The van der Waals surface area contributed by atoms with Crippen LogP contribution in [0.4, 0.5) is 0 Å². The fraction of sp³-hybridized carbons (Fsp3) is 0.833. The van der Waals surface area contributed by atoms with Gasteiger partial charge >= 0.3 is 0 Å². The number of carbonyl (C=O) groups excluding carboxylic acids is 1. The van der Waals surface area contributed by atoms with Gasteiger partial charge in [-0.05, 0) is 13.8 Å². The van der Waals surface area contributed by atoms with Crippen LogP contribution in [0.15, 0.2) is 0 Å². The average molecular weight is 151 g/mol. The van der Waals surface area contributed by atoms with Crippen molar-refractivity contribution in [3.63, 3.8) is 0 Å². The third-order valence-corrected chi connectivity index (χ3v) is 1.34. The van der Waals surface area contributed by atoms with Gasteiger partial charge in [0.05, 0.1) is 6.61 Å². The lowest BCUT2D eigenvalue weighted by Crippen LogP contribution is -2.17. The summed E-state index contributed by atoms with van der Waals surface area (Å²) in [5.74, 6) is -0.0369. The number of Topliss-reactive ketones (excluding diaryl/α,β-unsaturated/α-hetero) is 1. The Morgan fingerprint density at radius 3 is 2.67 bits per heavy atom. The van der Waals surface area contributed by atoms with E-state index in [1.54, 1.807) is 0 Å². The minimum atomic E-state index is -0.468. The van der Waals surface area contributed by atoms with Crippen molar-refractivity contribution in [1.82, 2.24) is 0 Å². The van der Waals surface area contributed by atoms with Gasteiger partial charge in [0.15, 0.2) is 0 Å². The first kappa shape index (κ1) is 8.92. The summed E-state index contributed by atoms with van der Waals surface area (Å²) in [4.78, 5) is 10.4. The van der Waals surface area contributed by atoms with Crippen molar-refractivity contribution < 1.29 is 9.53 Å². The summed E-state index contributed by atoms with van der Waals surface area (Å²) >= 11 is 5.52. The lowest BCUT2D eigenvalue weighted by molar-refractivity contribution is -0.117. The molecule has 2 nitrogen and oxygen atoms in total. The van der Waals surface area contributed by atoms with E-state index in [1.807, 2.05) is 6.92 Å². The van der Waals surface area contributed by atoms with Crippen LogP contribution in [0.5, 0.6) is 0 Å². The third-order valence-electron chi connectivity index (χ3n) is 0.909. The summed E-state index contributed by atoms with van der Waals surface area (Å²) in [5.41, 5.74) is 0. The third kappa shape index (κ3) is 4.43. The molecule has 0 fully saturated rings. The number of hydrogen-bond acceptors (Lipinski definition) is 2. The van der Waals surface area contributed by atoms with Crippen LogP contribution in [0.1, 0.15) is 13.8 Å². The lowest BCUT2D eigenvalue weighted by Gasteiger charge is -2.03. The predicted molar refractivity (Wildman–Crippen MR) is 36.8 cm³/mol.